The van der Waals surface area contributed by atoms with Crippen molar-refractivity contribution in [3.8, 4) is 44.5 Å². The molecule has 0 amide bonds. The standard InChI is InChI=1S/C65H65BN2/c1-40-20-19-21-41(2)60(40)43-34-52-49-32-28-46(64(9,10)11)37-57(49)68(47-30-26-44(27-31-47)62(3,4)5)66-55-39-54-51(48-24-17-18-25-53(48)65(54,12)13)38-58(55)67(59(35-43)61(52)66)56-33-29-45(63(6,7)8)36-50(56)42-22-15-14-16-23-42/h14-39H,1-13H3. The molecule has 0 bridgehead atoms. The maximum absolute atomic E-state index is 2.71. The van der Waals surface area contributed by atoms with Gasteiger partial charge in [0.15, 0.2) is 0 Å². The van der Waals surface area contributed by atoms with Gasteiger partial charge in [0.25, 0.3) is 0 Å². The van der Waals surface area contributed by atoms with Crippen molar-refractivity contribution in [2.24, 2.45) is 0 Å². The van der Waals surface area contributed by atoms with Gasteiger partial charge in [0, 0.05) is 39.3 Å². The number of aryl methyl sites for hydroxylation is 2. The van der Waals surface area contributed by atoms with E-state index in [0.29, 0.717) is 0 Å². The molecule has 0 N–H and O–H groups in total. The number of nitrogens with zero attached hydrogens (tertiary/aromatic N) is 2. The molecule has 338 valence electrons. The Kier molecular flexibility index (Phi) is 9.84. The van der Waals surface area contributed by atoms with E-state index < -0.39 is 0 Å². The van der Waals surface area contributed by atoms with Crippen molar-refractivity contribution in [2.75, 3.05) is 9.71 Å². The van der Waals surface area contributed by atoms with E-state index >= 15 is 0 Å². The second-order valence-electron chi connectivity index (χ2n) is 23.6. The van der Waals surface area contributed by atoms with Crippen LogP contribution in [0.25, 0.3) is 44.5 Å². The SMILES string of the molecule is Cc1cccc(C)c1-c1cc2c3c(c1)N(c1ccc(C(C)(C)C)cc1-c1ccccc1)c1cc4c(cc1B3N(c1ccc(C(C)(C)C)cc1)c1cc(C(C)(C)C)ccc1-2)C(C)(C)c1ccccc1-4. The number of rotatable bonds is 4. The van der Waals surface area contributed by atoms with Crippen molar-refractivity contribution in [3.63, 3.8) is 0 Å². The van der Waals surface area contributed by atoms with Crippen molar-refractivity contribution in [3.05, 3.63) is 197 Å². The molecule has 2 heterocycles. The molecule has 11 rings (SSSR count). The summed E-state index contributed by atoms with van der Waals surface area (Å²) in [6.07, 6.45) is 0. The summed E-state index contributed by atoms with van der Waals surface area (Å²) in [7, 11) is 0. The molecule has 0 saturated heterocycles. The molecule has 3 heteroatoms. The third-order valence-electron chi connectivity index (χ3n) is 15.6. The van der Waals surface area contributed by atoms with Gasteiger partial charge in [-0.2, -0.15) is 0 Å². The Hall–Kier alpha value is -6.58. The maximum atomic E-state index is 2.71. The van der Waals surface area contributed by atoms with Crippen LogP contribution in [0, 0.1) is 13.8 Å². The minimum Gasteiger partial charge on any atom is -0.376 e. The van der Waals surface area contributed by atoms with Gasteiger partial charge in [-0.05, 0) is 162 Å². The highest BCUT2D eigenvalue weighted by Crippen LogP contribution is 2.55. The van der Waals surface area contributed by atoms with E-state index in [1.54, 1.807) is 0 Å². The molecule has 68 heavy (non-hydrogen) atoms. The Morgan fingerprint density at radius 3 is 1.71 bits per heavy atom. The maximum Gasteiger partial charge on any atom is 0.333 e. The second kappa shape index (κ2) is 15.2. The van der Waals surface area contributed by atoms with Gasteiger partial charge in [-0.15, -0.1) is 0 Å². The molecule has 0 spiro atoms. The third kappa shape index (κ3) is 6.82. The first-order valence-corrected chi connectivity index (χ1v) is 24.8. The summed E-state index contributed by atoms with van der Waals surface area (Å²) in [5.74, 6) is 0. The van der Waals surface area contributed by atoms with Gasteiger partial charge in [0.1, 0.15) is 0 Å². The monoisotopic (exact) mass is 885 g/mol. The highest BCUT2D eigenvalue weighted by atomic mass is 15.2. The lowest BCUT2D eigenvalue weighted by Gasteiger charge is -2.47. The van der Waals surface area contributed by atoms with Crippen LogP contribution in [0.5, 0.6) is 0 Å². The van der Waals surface area contributed by atoms with Crippen LogP contribution < -0.4 is 20.6 Å². The number of anilines is 5. The van der Waals surface area contributed by atoms with E-state index in [-0.39, 0.29) is 28.5 Å². The number of benzene rings is 8. The minimum absolute atomic E-state index is 0.0275. The molecule has 3 aliphatic rings. The van der Waals surface area contributed by atoms with Gasteiger partial charge in [-0.1, -0.05) is 185 Å². The molecule has 0 saturated carbocycles. The number of fused-ring (bicyclic) bond motifs is 7. The van der Waals surface area contributed by atoms with Crippen LogP contribution >= 0.6 is 0 Å². The zero-order valence-corrected chi connectivity index (χ0v) is 42.5. The number of hydrogen-bond acceptors (Lipinski definition) is 2. The summed E-state index contributed by atoms with van der Waals surface area (Å²) in [6.45, 7) is 30.2. The summed E-state index contributed by atoms with van der Waals surface area (Å²) in [4.78, 5) is 5.38. The predicted octanol–water partition coefficient (Wildman–Crippen LogP) is 16.5. The highest BCUT2D eigenvalue weighted by molar-refractivity contribution is 6.93. The summed E-state index contributed by atoms with van der Waals surface area (Å²) in [5.41, 5.74) is 28.1. The molecule has 8 aromatic carbocycles. The quantitative estimate of drug-likeness (QED) is 0.163. The van der Waals surface area contributed by atoms with E-state index in [1.807, 2.05) is 0 Å². The van der Waals surface area contributed by atoms with E-state index in [4.69, 9.17) is 0 Å². The molecule has 0 fully saturated rings. The van der Waals surface area contributed by atoms with Crippen molar-refractivity contribution >= 4 is 46.2 Å². The lowest BCUT2D eigenvalue weighted by Crippen LogP contribution is -2.61. The van der Waals surface area contributed by atoms with Gasteiger partial charge < -0.3 is 9.71 Å². The fourth-order valence-corrected chi connectivity index (χ4v) is 11.7. The number of hydrogen-bond donors (Lipinski definition) is 0. The smallest absolute Gasteiger partial charge is 0.333 e. The van der Waals surface area contributed by atoms with Crippen LogP contribution in [0.2, 0.25) is 0 Å². The molecule has 0 atom stereocenters. The largest absolute Gasteiger partial charge is 0.376 e. The second-order valence-corrected chi connectivity index (χ2v) is 23.6. The van der Waals surface area contributed by atoms with Crippen molar-refractivity contribution in [1.29, 1.82) is 0 Å². The van der Waals surface area contributed by atoms with E-state index in [9.17, 15) is 0 Å². The Balaban J connectivity index is 1.32. The van der Waals surface area contributed by atoms with Crippen LogP contribution in [-0.2, 0) is 21.7 Å². The molecule has 0 aromatic heterocycles. The van der Waals surface area contributed by atoms with Gasteiger partial charge in [-0.25, -0.2) is 0 Å². The van der Waals surface area contributed by atoms with Gasteiger partial charge in [0.2, 0.25) is 0 Å². The highest BCUT2D eigenvalue weighted by Gasteiger charge is 2.48. The van der Waals surface area contributed by atoms with Gasteiger partial charge in [-0.3, -0.25) is 0 Å². The Morgan fingerprint density at radius 1 is 0.412 bits per heavy atom. The summed E-state index contributed by atoms with van der Waals surface area (Å²) < 4.78 is 0. The first kappa shape index (κ1) is 44.0. The first-order valence-electron chi connectivity index (χ1n) is 24.8. The van der Waals surface area contributed by atoms with Crippen LogP contribution in [0.4, 0.5) is 28.4 Å². The minimum atomic E-state index is -0.185. The fraction of sp³-hybridized carbons (Fsp3) is 0.262. The van der Waals surface area contributed by atoms with Crippen molar-refractivity contribution in [1.82, 2.24) is 0 Å². The Bertz CT molecular complexity index is 3310. The zero-order valence-electron chi connectivity index (χ0n) is 42.5. The average molecular weight is 885 g/mol. The topological polar surface area (TPSA) is 6.48 Å². The third-order valence-corrected chi connectivity index (χ3v) is 15.6. The predicted molar refractivity (Wildman–Crippen MR) is 294 cm³/mol. The Morgan fingerprint density at radius 2 is 1.03 bits per heavy atom. The van der Waals surface area contributed by atoms with E-state index in [2.05, 4.69) is 257 Å². The first-order chi connectivity index (χ1) is 32.2. The molecule has 0 unspecified atom stereocenters. The zero-order chi connectivity index (χ0) is 47.8. The summed E-state index contributed by atoms with van der Waals surface area (Å²) in [5, 5.41) is 0. The van der Waals surface area contributed by atoms with E-state index in [0.717, 1.165) is 0 Å². The molecule has 0 radical (unpaired) electrons. The summed E-state index contributed by atoms with van der Waals surface area (Å²) >= 11 is 0. The Labute approximate surface area is 406 Å². The average Bonchev–Trinajstić information content (AvgIpc) is 3.52. The summed E-state index contributed by atoms with van der Waals surface area (Å²) in [6, 6.07) is 61.3. The molecule has 2 aliphatic heterocycles. The van der Waals surface area contributed by atoms with Crippen LogP contribution in [0.3, 0.4) is 0 Å². The van der Waals surface area contributed by atoms with E-state index in [1.165, 1.54) is 123 Å². The molecule has 1 aliphatic carbocycles. The molecule has 8 aromatic rings. The van der Waals surface area contributed by atoms with Gasteiger partial charge in [0.05, 0.1) is 5.69 Å². The normalized spacial score (nSPS) is 14.6. The molecular weight excluding hydrogens is 820 g/mol. The molecule has 2 nitrogen and oxygen atoms in total. The van der Waals surface area contributed by atoms with Crippen LogP contribution in [-0.4, -0.2) is 6.85 Å². The van der Waals surface area contributed by atoms with Gasteiger partial charge >= 0.3 is 6.85 Å². The van der Waals surface area contributed by atoms with Crippen LogP contribution in [0.15, 0.2) is 158 Å². The lowest BCUT2D eigenvalue weighted by atomic mass is 9.43. The molecular formula is C65H65BN2. The van der Waals surface area contributed by atoms with Crippen molar-refractivity contribution in [2.45, 2.75) is 112 Å². The lowest BCUT2D eigenvalue weighted by molar-refractivity contribution is 0.590. The van der Waals surface area contributed by atoms with Crippen LogP contribution in [0.1, 0.15) is 115 Å². The fourth-order valence-electron chi connectivity index (χ4n) is 11.7. The van der Waals surface area contributed by atoms with Crippen molar-refractivity contribution < 1.29 is 0 Å².